The minimum absolute atomic E-state index is 0.465. The zero-order valence-electron chi connectivity index (χ0n) is 8.07. The van der Waals surface area contributed by atoms with E-state index in [-0.39, 0.29) is 0 Å². The standard InChI is InChI=1S/C11H14N2O/c1-2-12-9-14-11-5-3-10(4-6-11)13-7-8-13/h2-6,12H,1,7-9H2. The van der Waals surface area contributed by atoms with Gasteiger partial charge in [-0.2, -0.15) is 0 Å². The number of nitrogens with zero attached hydrogens (tertiary/aromatic N) is 1. The van der Waals surface area contributed by atoms with Crippen molar-refractivity contribution in [1.82, 2.24) is 5.32 Å². The van der Waals surface area contributed by atoms with Crippen LogP contribution in [0.3, 0.4) is 0 Å². The SMILES string of the molecule is C=CNCOc1ccc(N2CC2)cc1. The van der Waals surface area contributed by atoms with Crippen LogP contribution in [0.2, 0.25) is 0 Å². The van der Waals surface area contributed by atoms with E-state index >= 15 is 0 Å². The molecule has 0 spiro atoms. The molecule has 0 aliphatic carbocycles. The Labute approximate surface area is 84.0 Å². The molecule has 3 nitrogen and oxygen atoms in total. The first-order chi connectivity index (χ1) is 6.90. The lowest BCUT2D eigenvalue weighted by Gasteiger charge is -2.07. The van der Waals surface area contributed by atoms with E-state index in [2.05, 4.69) is 28.9 Å². The number of nitrogens with one attached hydrogen (secondary N) is 1. The van der Waals surface area contributed by atoms with Gasteiger partial charge in [0.15, 0.2) is 6.73 Å². The van der Waals surface area contributed by atoms with E-state index in [0.29, 0.717) is 6.73 Å². The second-order valence-corrected chi connectivity index (χ2v) is 3.18. The van der Waals surface area contributed by atoms with Gasteiger partial charge in [0.25, 0.3) is 0 Å². The van der Waals surface area contributed by atoms with Gasteiger partial charge in [-0.3, -0.25) is 0 Å². The number of rotatable bonds is 5. The van der Waals surface area contributed by atoms with E-state index in [9.17, 15) is 0 Å². The minimum Gasteiger partial charge on any atom is -0.473 e. The number of benzene rings is 1. The molecule has 0 saturated carbocycles. The van der Waals surface area contributed by atoms with E-state index < -0.39 is 0 Å². The highest BCUT2D eigenvalue weighted by atomic mass is 16.5. The summed E-state index contributed by atoms with van der Waals surface area (Å²) in [5.41, 5.74) is 1.27. The van der Waals surface area contributed by atoms with Crippen LogP contribution < -0.4 is 15.0 Å². The average Bonchev–Trinajstić information content (AvgIpc) is 3.03. The molecule has 0 aromatic heterocycles. The van der Waals surface area contributed by atoms with Gasteiger partial charge in [0.1, 0.15) is 5.75 Å². The Morgan fingerprint density at radius 1 is 1.36 bits per heavy atom. The lowest BCUT2D eigenvalue weighted by atomic mass is 10.3. The van der Waals surface area contributed by atoms with Crippen molar-refractivity contribution in [3.8, 4) is 5.75 Å². The Hall–Kier alpha value is -1.64. The third-order valence-corrected chi connectivity index (χ3v) is 2.12. The molecule has 14 heavy (non-hydrogen) atoms. The normalized spacial score (nSPS) is 13.6. The summed E-state index contributed by atoms with van der Waals surface area (Å²) in [6.45, 7) is 6.36. The number of ether oxygens (including phenoxy) is 1. The zero-order chi connectivity index (χ0) is 9.80. The summed E-state index contributed by atoms with van der Waals surface area (Å²) in [5.74, 6) is 0.880. The molecule has 1 aliphatic rings. The van der Waals surface area contributed by atoms with E-state index in [1.165, 1.54) is 18.8 Å². The molecule has 1 aliphatic heterocycles. The smallest absolute Gasteiger partial charge is 0.158 e. The van der Waals surface area contributed by atoms with Crippen molar-refractivity contribution in [2.45, 2.75) is 0 Å². The molecule has 3 heteroatoms. The fraction of sp³-hybridized carbons (Fsp3) is 0.273. The summed E-state index contributed by atoms with van der Waals surface area (Å²) >= 11 is 0. The van der Waals surface area contributed by atoms with Crippen molar-refractivity contribution in [1.29, 1.82) is 0 Å². The van der Waals surface area contributed by atoms with E-state index in [0.717, 1.165) is 5.75 Å². The Balaban J connectivity index is 1.88. The van der Waals surface area contributed by atoms with Gasteiger partial charge in [0.05, 0.1) is 0 Å². The Morgan fingerprint density at radius 2 is 2.07 bits per heavy atom. The summed E-state index contributed by atoms with van der Waals surface area (Å²) in [4.78, 5) is 2.30. The molecule has 1 heterocycles. The Bertz CT molecular complexity index is 304. The molecular formula is C11H14N2O. The maximum Gasteiger partial charge on any atom is 0.158 e. The van der Waals surface area contributed by atoms with Gasteiger partial charge in [-0.05, 0) is 30.5 Å². The van der Waals surface area contributed by atoms with Gasteiger partial charge in [0, 0.05) is 18.8 Å². The third kappa shape index (κ3) is 2.19. The molecule has 0 unspecified atom stereocenters. The second kappa shape index (κ2) is 4.05. The predicted octanol–water partition coefficient (Wildman–Crippen LogP) is 1.58. The highest BCUT2D eigenvalue weighted by Crippen LogP contribution is 2.23. The highest BCUT2D eigenvalue weighted by Gasteiger charge is 2.16. The number of hydrogen-bond donors (Lipinski definition) is 1. The van der Waals surface area contributed by atoms with Gasteiger partial charge in [-0.1, -0.05) is 6.58 Å². The fourth-order valence-electron chi connectivity index (χ4n) is 1.25. The van der Waals surface area contributed by atoms with Gasteiger partial charge in [-0.25, -0.2) is 0 Å². The molecule has 74 valence electrons. The van der Waals surface area contributed by atoms with Crippen molar-refractivity contribution in [2.75, 3.05) is 24.7 Å². The topological polar surface area (TPSA) is 24.3 Å². The van der Waals surface area contributed by atoms with Gasteiger partial charge in [-0.15, -0.1) is 0 Å². The number of hydrogen-bond acceptors (Lipinski definition) is 3. The van der Waals surface area contributed by atoms with Crippen LogP contribution in [0.15, 0.2) is 37.0 Å². The van der Waals surface area contributed by atoms with Crippen molar-refractivity contribution < 1.29 is 4.74 Å². The predicted molar refractivity (Wildman–Crippen MR) is 57.5 cm³/mol. The second-order valence-electron chi connectivity index (χ2n) is 3.18. The molecule has 0 bridgehead atoms. The van der Waals surface area contributed by atoms with Crippen LogP contribution in [0, 0.1) is 0 Å². The molecular weight excluding hydrogens is 176 g/mol. The average molecular weight is 190 g/mol. The van der Waals surface area contributed by atoms with Gasteiger partial charge < -0.3 is 15.0 Å². The fourth-order valence-corrected chi connectivity index (χ4v) is 1.25. The van der Waals surface area contributed by atoms with Gasteiger partial charge in [0.2, 0.25) is 0 Å². The van der Waals surface area contributed by atoms with Crippen molar-refractivity contribution in [3.05, 3.63) is 37.0 Å². The minimum atomic E-state index is 0.465. The highest BCUT2D eigenvalue weighted by molar-refractivity contribution is 5.53. The van der Waals surface area contributed by atoms with Crippen LogP contribution in [0.5, 0.6) is 5.75 Å². The molecule has 0 radical (unpaired) electrons. The van der Waals surface area contributed by atoms with Crippen LogP contribution in [0.1, 0.15) is 0 Å². The van der Waals surface area contributed by atoms with Crippen LogP contribution >= 0.6 is 0 Å². The molecule has 1 N–H and O–H groups in total. The zero-order valence-corrected chi connectivity index (χ0v) is 8.07. The monoisotopic (exact) mass is 190 g/mol. The molecule has 1 fully saturated rings. The quantitative estimate of drug-likeness (QED) is 0.433. The third-order valence-electron chi connectivity index (χ3n) is 2.12. The molecule has 0 atom stereocenters. The van der Waals surface area contributed by atoms with Crippen molar-refractivity contribution >= 4 is 5.69 Å². The summed E-state index contributed by atoms with van der Waals surface area (Å²) in [6.07, 6.45) is 1.62. The molecule has 1 saturated heterocycles. The summed E-state index contributed by atoms with van der Waals surface area (Å²) in [6, 6.07) is 8.13. The summed E-state index contributed by atoms with van der Waals surface area (Å²) in [5, 5.41) is 2.88. The lowest BCUT2D eigenvalue weighted by Crippen LogP contribution is -2.12. The van der Waals surface area contributed by atoms with Crippen LogP contribution in [0.25, 0.3) is 0 Å². The maximum absolute atomic E-state index is 5.40. The first-order valence-electron chi connectivity index (χ1n) is 4.72. The van der Waals surface area contributed by atoms with Crippen LogP contribution in [-0.4, -0.2) is 19.8 Å². The van der Waals surface area contributed by atoms with E-state index in [4.69, 9.17) is 4.74 Å². The largest absolute Gasteiger partial charge is 0.473 e. The lowest BCUT2D eigenvalue weighted by molar-refractivity contribution is 0.303. The Kier molecular flexibility index (Phi) is 2.58. The molecule has 2 rings (SSSR count). The van der Waals surface area contributed by atoms with Crippen molar-refractivity contribution in [3.63, 3.8) is 0 Å². The maximum atomic E-state index is 5.40. The van der Waals surface area contributed by atoms with Gasteiger partial charge >= 0.3 is 0 Å². The summed E-state index contributed by atoms with van der Waals surface area (Å²) < 4.78 is 5.40. The Morgan fingerprint density at radius 3 is 2.64 bits per heavy atom. The first kappa shape index (κ1) is 8.94. The van der Waals surface area contributed by atoms with E-state index in [1.807, 2.05) is 12.1 Å². The molecule has 0 amide bonds. The summed E-state index contributed by atoms with van der Waals surface area (Å²) in [7, 11) is 0. The van der Waals surface area contributed by atoms with Crippen molar-refractivity contribution in [2.24, 2.45) is 0 Å². The molecule has 1 aromatic rings. The van der Waals surface area contributed by atoms with Crippen LogP contribution in [-0.2, 0) is 0 Å². The van der Waals surface area contributed by atoms with Crippen LogP contribution in [0.4, 0.5) is 5.69 Å². The molecule has 1 aromatic carbocycles. The number of anilines is 1. The van der Waals surface area contributed by atoms with E-state index in [1.54, 1.807) is 6.20 Å². The first-order valence-corrected chi connectivity index (χ1v) is 4.72.